The van der Waals surface area contributed by atoms with Gasteiger partial charge >= 0.3 is 0 Å². The van der Waals surface area contributed by atoms with Gasteiger partial charge in [-0.1, -0.05) is 11.6 Å². The molecule has 1 amide bonds. The van der Waals surface area contributed by atoms with E-state index in [0.29, 0.717) is 33.2 Å². The summed E-state index contributed by atoms with van der Waals surface area (Å²) in [6, 6.07) is 17.9. The zero-order valence-electron chi connectivity index (χ0n) is 16.3. The quantitative estimate of drug-likeness (QED) is 0.489. The lowest BCUT2D eigenvalue weighted by atomic mass is 10.1. The minimum absolute atomic E-state index is 0.317. The second-order valence-electron chi connectivity index (χ2n) is 7.19. The Bertz CT molecular complexity index is 1200. The predicted molar refractivity (Wildman–Crippen MR) is 114 cm³/mol. The lowest BCUT2D eigenvalue weighted by Crippen LogP contribution is -2.42. The fourth-order valence-electron chi connectivity index (χ4n) is 2.81. The summed E-state index contributed by atoms with van der Waals surface area (Å²) < 4.78 is 18.9. The van der Waals surface area contributed by atoms with Gasteiger partial charge in [0.1, 0.15) is 22.6 Å². The van der Waals surface area contributed by atoms with Gasteiger partial charge in [0, 0.05) is 10.7 Å². The first kappa shape index (κ1) is 19.8. The standard InChI is InChI=1S/C22H18ClFN4O2/c1-22(2,30-18-10-3-14(23)4-11-18)21(29)25-16-7-12-19-20(13-16)27-28(26-19)17-8-5-15(24)6-9-17/h3-13H,1-2H3,(H,25,29). The third-order valence-corrected chi connectivity index (χ3v) is 4.68. The molecule has 1 N–H and O–H groups in total. The minimum Gasteiger partial charge on any atom is -0.478 e. The van der Waals surface area contributed by atoms with Crippen molar-refractivity contribution in [3.63, 3.8) is 0 Å². The highest BCUT2D eigenvalue weighted by Crippen LogP contribution is 2.23. The van der Waals surface area contributed by atoms with Crippen LogP contribution in [0.25, 0.3) is 16.7 Å². The average Bonchev–Trinajstić information content (AvgIpc) is 3.13. The van der Waals surface area contributed by atoms with Crippen LogP contribution in [0.5, 0.6) is 5.75 Å². The van der Waals surface area contributed by atoms with Gasteiger partial charge < -0.3 is 10.1 Å². The van der Waals surface area contributed by atoms with E-state index in [-0.39, 0.29) is 11.7 Å². The van der Waals surface area contributed by atoms with Gasteiger partial charge in [-0.25, -0.2) is 4.39 Å². The monoisotopic (exact) mass is 424 g/mol. The Balaban J connectivity index is 1.52. The van der Waals surface area contributed by atoms with Crippen LogP contribution in [-0.2, 0) is 4.79 Å². The van der Waals surface area contributed by atoms with Gasteiger partial charge in [0.25, 0.3) is 5.91 Å². The minimum atomic E-state index is -1.12. The molecule has 152 valence electrons. The maximum Gasteiger partial charge on any atom is 0.267 e. The zero-order chi connectivity index (χ0) is 21.3. The lowest BCUT2D eigenvalue weighted by Gasteiger charge is -2.25. The number of carbonyl (C=O) groups is 1. The first-order valence-corrected chi connectivity index (χ1v) is 9.57. The van der Waals surface area contributed by atoms with E-state index in [2.05, 4.69) is 15.5 Å². The Morgan fingerprint density at radius 2 is 1.67 bits per heavy atom. The number of benzene rings is 3. The van der Waals surface area contributed by atoms with Crippen LogP contribution in [0.1, 0.15) is 13.8 Å². The summed E-state index contributed by atoms with van der Waals surface area (Å²) in [5, 5.41) is 12.2. The molecule has 0 spiro atoms. The van der Waals surface area contributed by atoms with E-state index in [1.807, 2.05) is 0 Å². The Morgan fingerprint density at radius 1 is 1.00 bits per heavy atom. The molecule has 3 aromatic carbocycles. The maximum atomic E-state index is 13.1. The second-order valence-corrected chi connectivity index (χ2v) is 7.63. The Hall–Kier alpha value is -3.45. The van der Waals surface area contributed by atoms with Crippen LogP contribution in [0.4, 0.5) is 10.1 Å². The summed E-state index contributed by atoms with van der Waals surface area (Å²) in [7, 11) is 0. The highest BCUT2D eigenvalue weighted by Gasteiger charge is 2.30. The highest BCUT2D eigenvalue weighted by molar-refractivity contribution is 6.30. The van der Waals surface area contributed by atoms with Crippen molar-refractivity contribution in [3.8, 4) is 11.4 Å². The molecule has 30 heavy (non-hydrogen) atoms. The molecular formula is C22H18ClFN4O2. The summed E-state index contributed by atoms with van der Waals surface area (Å²) in [6.45, 7) is 3.36. The van der Waals surface area contributed by atoms with Gasteiger partial charge in [0.2, 0.25) is 0 Å². The molecule has 6 nitrogen and oxygen atoms in total. The first-order chi connectivity index (χ1) is 14.3. The van der Waals surface area contributed by atoms with Gasteiger partial charge in [-0.3, -0.25) is 4.79 Å². The molecule has 0 bridgehead atoms. The number of halogens is 2. The topological polar surface area (TPSA) is 69.0 Å². The lowest BCUT2D eigenvalue weighted by molar-refractivity contribution is -0.128. The molecule has 0 unspecified atom stereocenters. The third kappa shape index (κ3) is 4.26. The van der Waals surface area contributed by atoms with Gasteiger partial charge in [-0.2, -0.15) is 4.80 Å². The molecule has 0 saturated heterocycles. The average molecular weight is 425 g/mol. The Kier molecular flexibility index (Phi) is 5.13. The fraction of sp³-hybridized carbons (Fsp3) is 0.136. The van der Waals surface area contributed by atoms with Gasteiger partial charge in [0.15, 0.2) is 5.60 Å². The molecule has 1 aromatic heterocycles. The van der Waals surface area contributed by atoms with Crippen LogP contribution in [0.15, 0.2) is 66.7 Å². The molecule has 4 rings (SSSR count). The molecule has 0 aliphatic carbocycles. The van der Waals surface area contributed by atoms with Crippen LogP contribution < -0.4 is 10.1 Å². The number of fused-ring (bicyclic) bond motifs is 1. The molecular weight excluding hydrogens is 407 g/mol. The number of carbonyl (C=O) groups excluding carboxylic acids is 1. The van der Waals surface area contributed by atoms with E-state index in [1.165, 1.54) is 16.9 Å². The maximum absolute atomic E-state index is 13.1. The summed E-state index contributed by atoms with van der Waals surface area (Å²) >= 11 is 5.88. The molecule has 0 aliphatic heterocycles. The van der Waals surface area contributed by atoms with E-state index in [4.69, 9.17) is 16.3 Å². The highest BCUT2D eigenvalue weighted by atomic mass is 35.5. The molecule has 0 radical (unpaired) electrons. The van der Waals surface area contributed by atoms with Crippen LogP contribution in [0, 0.1) is 5.82 Å². The second kappa shape index (κ2) is 7.76. The van der Waals surface area contributed by atoms with Gasteiger partial charge in [-0.05, 0) is 80.6 Å². The number of nitrogens with zero attached hydrogens (tertiary/aromatic N) is 3. The first-order valence-electron chi connectivity index (χ1n) is 9.19. The number of rotatable bonds is 5. The van der Waals surface area contributed by atoms with Crippen molar-refractivity contribution in [1.82, 2.24) is 15.0 Å². The Labute approximate surface area is 177 Å². The summed E-state index contributed by atoms with van der Waals surface area (Å²) in [5.74, 6) is -0.108. The number of anilines is 1. The van der Waals surface area contributed by atoms with Crippen LogP contribution in [0.2, 0.25) is 5.02 Å². The number of amides is 1. The molecule has 8 heteroatoms. The van der Waals surface area contributed by atoms with E-state index in [9.17, 15) is 9.18 Å². The van der Waals surface area contributed by atoms with Crippen molar-refractivity contribution in [1.29, 1.82) is 0 Å². The van der Waals surface area contributed by atoms with Crippen molar-refractivity contribution in [2.24, 2.45) is 0 Å². The van der Waals surface area contributed by atoms with E-state index < -0.39 is 5.60 Å². The molecule has 4 aromatic rings. The number of nitrogens with one attached hydrogen (secondary N) is 1. The van der Waals surface area contributed by atoms with Crippen molar-refractivity contribution >= 4 is 34.2 Å². The summed E-state index contributed by atoms with van der Waals surface area (Å²) in [4.78, 5) is 14.2. The van der Waals surface area contributed by atoms with Crippen molar-refractivity contribution < 1.29 is 13.9 Å². The van der Waals surface area contributed by atoms with Crippen LogP contribution in [-0.4, -0.2) is 26.5 Å². The SMILES string of the molecule is CC(C)(Oc1ccc(Cl)cc1)C(=O)Nc1ccc2nn(-c3ccc(F)cc3)nc2c1. The summed E-state index contributed by atoms with van der Waals surface area (Å²) in [5.41, 5.74) is 1.32. The van der Waals surface area contributed by atoms with Gasteiger partial charge in [-0.15, -0.1) is 10.2 Å². The van der Waals surface area contributed by atoms with Crippen LogP contribution >= 0.6 is 11.6 Å². The van der Waals surface area contributed by atoms with Crippen LogP contribution in [0.3, 0.4) is 0 Å². The van der Waals surface area contributed by atoms with E-state index >= 15 is 0 Å². The molecule has 0 saturated carbocycles. The van der Waals surface area contributed by atoms with E-state index in [1.54, 1.807) is 68.4 Å². The third-order valence-electron chi connectivity index (χ3n) is 4.43. The molecule has 1 heterocycles. The van der Waals surface area contributed by atoms with Crippen molar-refractivity contribution in [3.05, 3.63) is 77.6 Å². The number of hydrogen-bond donors (Lipinski definition) is 1. The largest absolute Gasteiger partial charge is 0.478 e. The number of aromatic nitrogens is 3. The zero-order valence-corrected chi connectivity index (χ0v) is 17.0. The predicted octanol–water partition coefficient (Wildman–Crippen LogP) is 5.01. The Morgan fingerprint density at radius 3 is 2.37 bits per heavy atom. The van der Waals surface area contributed by atoms with E-state index in [0.717, 1.165) is 0 Å². The summed E-state index contributed by atoms with van der Waals surface area (Å²) in [6.07, 6.45) is 0. The van der Waals surface area contributed by atoms with Gasteiger partial charge in [0.05, 0.1) is 5.69 Å². The number of ether oxygens (including phenoxy) is 1. The smallest absolute Gasteiger partial charge is 0.267 e. The fourth-order valence-corrected chi connectivity index (χ4v) is 2.93. The van der Waals surface area contributed by atoms with Crippen molar-refractivity contribution in [2.75, 3.05) is 5.32 Å². The molecule has 0 fully saturated rings. The normalized spacial score (nSPS) is 11.5. The van der Waals surface area contributed by atoms with Crippen molar-refractivity contribution in [2.45, 2.75) is 19.4 Å². The molecule has 0 atom stereocenters. The molecule has 0 aliphatic rings. The number of hydrogen-bond acceptors (Lipinski definition) is 4.